The molecular weight excluding hydrogens is 288 g/mol. The number of hydrogen-bond acceptors (Lipinski definition) is 3. The van der Waals surface area contributed by atoms with Crippen molar-refractivity contribution in [2.45, 2.75) is 13.5 Å². The highest BCUT2D eigenvalue weighted by atomic mass is 35.5. The molecule has 0 heterocycles. The van der Waals surface area contributed by atoms with Crippen molar-refractivity contribution >= 4 is 23.2 Å². The average molecular weight is 305 g/mol. The molecule has 0 aromatic heterocycles. The van der Waals surface area contributed by atoms with E-state index >= 15 is 0 Å². The summed E-state index contributed by atoms with van der Waals surface area (Å²) in [6, 6.07) is 11.9. The molecule has 0 fully saturated rings. The number of hydrogen-bond donors (Lipinski definition) is 3. The molecule has 0 aliphatic carbocycles. The van der Waals surface area contributed by atoms with Gasteiger partial charge in [-0.15, -0.1) is 0 Å². The minimum absolute atomic E-state index is 0.00504. The molecule has 0 saturated heterocycles. The molecule has 5 heteroatoms. The molecule has 0 saturated carbocycles. The third kappa shape index (κ3) is 4.21. The van der Waals surface area contributed by atoms with Crippen LogP contribution in [-0.2, 0) is 6.54 Å². The fraction of sp³-hybridized carbons (Fsp3) is 0.188. The highest BCUT2D eigenvalue weighted by molar-refractivity contribution is 6.34. The Kier molecular flexibility index (Phi) is 5.20. The van der Waals surface area contributed by atoms with Gasteiger partial charge in [-0.1, -0.05) is 30.7 Å². The van der Waals surface area contributed by atoms with Gasteiger partial charge in [0.2, 0.25) is 0 Å². The molecular formula is C16H17ClN2O2. The fourth-order valence-corrected chi connectivity index (χ4v) is 2.12. The topological polar surface area (TPSA) is 61.4 Å². The van der Waals surface area contributed by atoms with Gasteiger partial charge in [-0.2, -0.15) is 0 Å². The molecule has 3 N–H and O–H groups in total. The molecule has 0 aliphatic heterocycles. The number of halogens is 1. The molecule has 110 valence electrons. The Morgan fingerprint density at radius 2 is 2.05 bits per heavy atom. The van der Waals surface area contributed by atoms with Crippen LogP contribution in [0.4, 0.5) is 5.69 Å². The van der Waals surface area contributed by atoms with Crippen molar-refractivity contribution in [1.82, 2.24) is 5.32 Å². The zero-order chi connectivity index (χ0) is 15.2. The second-order valence-corrected chi connectivity index (χ2v) is 5.01. The Bertz CT molecular complexity index is 644. The Morgan fingerprint density at radius 3 is 2.81 bits per heavy atom. The number of aromatic hydroxyl groups is 1. The molecule has 1 amide bonds. The predicted octanol–water partition coefficient (Wildman–Crippen LogP) is 3.41. The van der Waals surface area contributed by atoms with E-state index in [1.165, 1.54) is 18.2 Å². The van der Waals surface area contributed by atoms with Crippen molar-refractivity contribution in [2.75, 3.05) is 11.9 Å². The van der Waals surface area contributed by atoms with E-state index in [1.807, 2.05) is 31.2 Å². The number of amides is 1. The van der Waals surface area contributed by atoms with Crippen LogP contribution in [-0.4, -0.2) is 17.6 Å². The third-order valence-electron chi connectivity index (χ3n) is 2.96. The maximum Gasteiger partial charge on any atom is 0.257 e. The summed E-state index contributed by atoms with van der Waals surface area (Å²) in [5.41, 5.74) is 2.01. The van der Waals surface area contributed by atoms with Gasteiger partial charge >= 0.3 is 0 Å². The van der Waals surface area contributed by atoms with Crippen molar-refractivity contribution < 1.29 is 9.90 Å². The van der Waals surface area contributed by atoms with Gasteiger partial charge < -0.3 is 15.7 Å². The molecule has 0 unspecified atom stereocenters. The molecule has 2 aromatic carbocycles. The number of anilines is 1. The molecule has 0 spiro atoms. The van der Waals surface area contributed by atoms with E-state index in [4.69, 9.17) is 11.6 Å². The third-order valence-corrected chi connectivity index (χ3v) is 3.29. The van der Waals surface area contributed by atoms with E-state index in [2.05, 4.69) is 10.6 Å². The summed E-state index contributed by atoms with van der Waals surface area (Å²) in [5.74, 6) is -0.345. The molecule has 0 atom stereocenters. The SMILES string of the molecule is CCNCc1cccc(NC(=O)c2cc(O)ccc2Cl)c1. The molecule has 21 heavy (non-hydrogen) atoms. The molecule has 2 rings (SSSR count). The van der Waals surface area contributed by atoms with Crippen LogP contribution in [0, 0.1) is 0 Å². The second-order valence-electron chi connectivity index (χ2n) is 4.60. The lowest BCUT2D eigenvalue weighted by atomic mass is 10.1. The molecule has 4 nitrogen and oxygen atoms in total. The zero-order valence-corrected chi connectivity index (χ0v) is 12.4. The minimum atomic E-state index is -0.350. The summed E-state index contributed by atoms with van der Waals surface area (Å²) >= 11 is 5.98. The van der Waals surface area contributed by atoms with Gasteiger partial charge in [0.05, 0.1) is 10.6 Å². The first-order chi connectivity index (χ1) is 10.1. The van der Waals surface area contributed by atoms with E-state index in [9.17, 15) is 9.90 Å². The van der Waals surface area contributed by atoms with Gasteiger partial charge in [0.25, 0.3) is 5.91 Å². The quantitative estimate of drug-likeness (QED) is 0.793. The number of phenols is 1. The lowest BCUT2D eigenvalue weighted by Gasteiger charge is -2.09. The van der Waals surface area contributed by atoms with E-state index < -0.39 is 0 Å². The first kappa shape index (κ1) is 15.4. The van der Waals surface area contributed by atoms with Crippen molar-refractivity contribution in [3.05, 3.63) is 58.6 Å². The number of nitrogens with one attached hydrogen (secondary N) is 2. The monoisotopic (exact) mass is 304 g/mol. The zero-order valence-electron chi connectivity index (χ0n) is 11.7. The fourth-order valence-electron chi connectivity index (χ4n) is 1.91. The van der Waals surface area contributed by atoms with E-state index in [1.54, 1.807) is 0 Å². The average Bonchev–Trinajstić information content (AvgIpc) is 2.48. The van der Waals surface area contributed by atoms with Crippen LogP contribution in [0.1, 0.15) is 22.8 Å². The lowest BCUT2D eigenvalue weighted by molar-refractivity contribution is 0.102. The van der Waals surface area contributed by atoms with E-state index in [0.29, 0.717) is 10.7 Å². The smallest absolute Gasteiger partial charge is 0.257 e. The first-order valence-electron chi connectivity index (χ1n) is 6.69. The van der Waals surface area contributed by atoms with Gasteiger partial charge in [-0.3, -0.25) is 4.79 Å². The number of carbonyl (C=O) groups is 1. The van der Waals surface area contributed by atoms with Gasteiger partial charge in [-0.05, 0) is 42.4 Å². The van der Waals surface area contributed by atoms with Crippen LogP contribution >= 0.6 is 11.6 Å². The Hall–Kier alpha value is -2.04. The van der Waals surface area contributed by atoms with Gasteiger partial charge in [0.15, 0.2) is 0 Å². The minimum Gasteiger partial charge on any atom is -0.508 e. The van der Waals surface area contributed by atoms with Crippen LogP contribution < -0.4 is 10.6 Å². The normalized spacial score (nSPS) is 10.4. The van der Waals surface area contributed by atoms with Crippen LogP contribution in [0.25, 0.3) is 0 Å². The summed E-state index contributed by atoms with van der Waals surface area (Å²) in [7, 11) is 0. The summed E-state index contributed by atoms with van der Waals surface area (Å²) < 4.78 is 0. The number of benzene rings is 2. The Balaban J connectivity index is 2.14. The van der Waals surface area contributed by atoms with Crippen LogP contribution in [0.3, 0.4) is 0 Å². The van der Waals surface area contributed by atoms with Crippen LogP contribution in [0.2, 0.25) is 5.02 Å². The summed E-state index contributed by atoms with van der Waals surface area (Å²) in [4.78, 5) is 12.2. The van der Waals surface area contributed by atoms with E-state index in [0.717, 1.165) is 18.7 Å². The Morgan fingerprint density at radius 1 is 1.24 bits per heavy atom. The van der Waals surface area contributed by atoms with Crippen molar-refractivity contribution in [2.24, 2.45) is 0 Å². The largest absolute Gasteiger partial charge is 0.508 e. The van der Waals surface area contributed by atoms with Crippen molar-refractivity contribution in [1.29, 1.82) is 0 Å². The van der Waals surface area contributed by atoms with E-state index in [-0.39, 0.29) is 17.2 Å². The summed E-state index contributed by atoms with van der Waals surface area (Å²) in [6.45, 7) is 3.66. The van der Waals surface area contributed by atoms with Gasteiger partial charge in [0.1, 0.15) is 5.75 Å². The summed E-state index contributed by atoms with van der Waals surface area (Å²) in [5, 5.41) is 15.8. The molecule has 0 bridgehead atoms. The highest BCUT2D eigenvalue weighted by Crippen LogP contribution is 2.22. The van der Waals surface area contributed by atoms with Gasteiger partial charge in [0, 0.05) is 12.2 Å². The first-order valence-corrected chi connectivity index (χ1v) is 7.07. The van der Waals surface area contributed by atoms with Gasteiger partial charge in [-0.25, -0.2) is 0 Å². The maximum absolute atomic E-state index is 12.2. The van der Waals surface area contributed by atoms with Crippen LogP contribution in [0.5, 0.6) is 5.75 Å². The molecule has 0 aliphatic rings. The summed E-state index contributed by atoms with van der Waals surface area (Å²) in [6.07, 6.45) is 0. The molecule has 2 aromatic rings. The molecule has 0 radical (unpaired) electrons. The second kappa shape index (κ2) is 7.11. The van der Waals surface area contributed by atoms with Crippen molar-refractivity contribution in [3.63, 3.8) is 0 Å². The standard InChI is InChI=1S/C16H17ClN2O2/c1-2-18-10-11-4-3-5-12(8-11)19-16(21)14-9-13(20)6-7-15(14)17/h3-9,18,20H,2,10H2,1H3,(H,19,21). The Labute approximate surface area is 128 Å². The predicted molar refractivity (Wildman–Crippen MR) is 84.9 cm³/mol. The number of carbonyl (C=O) groups excluding carboxylic acids is 1. The van der Waals surface area contributed by atoms with Crippen LogP contribution in [0.15, 0.2) is 42.5 Å². The number of rotatable bonds is 5. The number of phenolic OH excluding ortho intramolecular Hbond substituents is 1. The lowest BCUT2D eigenvalue weighted by Crippen LogP contribution is -2.14. The highest BCUT2D eigenvalue weighted by Gasteiger charge is 2.11. The van der Waals surface area contributed by atoms with Crippen molar-refractivity contribution in [3.8, 4) is 5.75 Å². The maximum atomic E-state index is 12.2.